The van der Waals surface area contributed by atoms with Gasteiger partial charge >= 0.3 is 5.97 Å². The van der Waals surface area contributed by atoms with Gasteiger partial charge in [0.05, 0.1) is 4.92 Å². The van der Waals surface area contributed by atoms with Crippen molar-refractivity contribution in [3.05, 3.63) is 39.4 Å². The molecule has 0 radical (unpaired) electrons. The summed E-state index contributed by atoms with van der Waals surface area (Å²) in [7, 11) is 1.90. The van der Waals surface area contributed by atoms with Crippen molar-refractivity contribution in [3.8, 4) is 0 Å². The molecule has 0 bridgehead atoms. The third kappa shape index (κ3) is 2.48. The van der Waals surface area contributed by atoms with Gasteiger partial charge in [0.15, 0.2) is 0 Å². The van der Waals surface area contributed by atoms with Crippen LogP contribution in [0, 0.1) is 10.1 Å². The first kappa shape index (κ1) is 12.5. The molecule has 0 spiro atoms. The monoisotopic (exact) mass is 250 g/mol. The van der Waals surface area contributed by atoms with Crippen molar-refractivity contribution >= 4 is 11.7 Å². The van der Waals surface area contributed by atoms with Crippen LogP contribution in [0.25, 0.3) is 0 Å². The number of nitro groups is 1. The fourth-order valence-electron chi connectivity index (χ4n) is 2.03. The van der Waals surface area contributed by atoms with E-state index in [0.717, 1.165) is 12.8 Å². The average Bonchev–Trinajstić information content (AvgIpc) is 3.11. The molecule has 0 amide bonds. The molecule has 1 aliphatic rings. The Kier molecular flexibility index (Phi) is 3.29. The van der Waals surface area contributed by atoms with E-state index >= 15 is 0 Å². The number of carboxylic acids is 1. The Labute approximate surface area is 104 Å². The molecule has 0 aliphatic heterocycles. The zero-order valence-electron chi connectivity index (χ0n) is 10.00. The second-order valence-electron chi connectivity index (χ2n) is 4.52. The number of nitro benzene ring substituents is 1. The summed E-state index contributed by atoms with van der Waals surface area (Å²) in [5, 5.41) is 20.0. The maximum atomic E-state index is 11.2. The molecule has 2 rings (SSSR count). The average molecular weight is 250 g/mol. The molecular weight excluding hydrogens is 236 g/mol. The summed E-state index contributed by atoms with van der Waals surface area (Å²) in [5.74, 6) is -1.25. The second kappa shape index (κ2) is 4.73. The summed E-state index contributed by atoms with van der Waals surface area (Å²) in [6.45, 7) is 0.425. The smallest absolute Gasteiger partial charge is 0.343 e. The standard InChI is InChI=1S/C12H14N2O4/c1-13(9-5-6-9)7-8-3-2-4-10(14(17)18)11(8)12(15)16/h2-4,9H,5-7H2,1H3,(H,15,16). The summed E-state index contributed by atoms with van der Waals surface area (Å²) in [6, 6.07) is 4.87. The van der Waals surface area contributed by atoms with E-state index < -0.39 is 10.9 Å². The number of rotatable bonds is 5. The largest absolute Gasteiger partial charge is 0.477 e. The van der Waals surface area contributed by atoms with Gasteiger partial charge in [-0.3, -0.25) is 15.0 Å². The lowest BCUT2D eigenvalue weighted by molar-refractivity contribution is -0.385. The van der Waals surface area contributed by atoms with Crippen LogP contribution in [0.1, 0.15) is 28.8 Å². The molecule has 18 heavy (non-hydrogen) atoms. The van der Waals surface area contributed by atoms with Crippen molar-refractivity contribution in [3.63, 3.8) is 0 Å². The highest BCUT2D eigenvalue weighted by Crippen LogP contribution is 2.29. The fraction of sp³-hybridized carbons (Fsp3) is 0.417. The molecule has 0 atom stereocenters. The first-order chi connectivity index (χ1) is 8.50. The van der Waals surface area contributed by atoms with Gasteiger partial charge in [0.2, 0.25) is 0 Å². The lowest BCUT2D eigenvalue weighted by Gasteiger charge is -2.16. The Hall–Kier alpha value is -1.95. The zero-order chi connectivity index (χ0) is 13.3. The second-order valence-corrected chi connectivity index (χ2v) is 4.52. The topological polar surface area (TPSA) is 83.7 Å². The number of hydrogen-bond acceptors (Lipinski definition) is 4. The molecule has 1 saturated carbocycles. The number of carboxylic acid groups (broad SMARTS) is 1. The molecule has 0 unspecified atom stereocenters. The van der Waals surface area contributed by atoms with Crippen LogP contribution in [0.15, 0.2) is 18.2 Å². The molecule has 1 N–H and O–H groups in total. The molecule has 1 aromatic carbocycles. The van der Waals surface area contributed by atoms with Gasteiger partial charge in [-0.15, -0.1) is 0 Å². The predicted octanol–water partition coefficient (Wildman–Crippen LogP) is 1.89. The van der Waals surface area contributed by atoms with Crippen LogP contribution < -0.4 is 0 Å². The number of carbonyl (C=O) groups is 1. The number of hydrogen-bond donors (Lipinski definition) is 1. The van der Waals surface area contributed by atoms with Crippen molar-refractivity contribution in [2.24, 2.45) is 0 Å². The third-order valence-corrected chi connectivity index (χ3v) is 3.13. The van der Waals surface area contributed by atoms with Gasteiger partial charge in [0, 0.05) is 18.7 Å². The van der Waals surface area contributed by atoms with Crippen LogP contribution in [-0.2, 0) is 6.54 Å². The minimum Gasteiger partial charge on any atom is -0.477 e. The van der Waals surface area contributed by atoms with Gasteiger partial charge in [-0.2, -0.15) is 0 Å². The van der Waals surface area contributed by atoms with E-state index in [1.54, 1.807) is 6.07 Å². The van der Waals surface area contributed by atoms with Gasteiger partial charge in [-0.25, -0.2) is 4.79 Å². The van der Waals surface area contributed by atoms with Crippen molar-refractivity contribution in [1.82, 2.24) is 4.90 Å². The van der Waals surface area contributed by atoms with Crippen molar-refractivity contribution < 1.29 is 14.8 Å². The lowest BCUT2D eigenvalue weighted by atomic mass is 10.0. The van der Waals surface area contributed by atoms with Gasteiger partial charge in [-0.05, 0) is 25.5 Å². The summed E-state index contributed by atoms with van der Waals surface area (Å²) in [6.07, 6.45) is 2.21. The molecule has 0 aromatic heterocycles. The lowest BCUT2D eigenvalue weighted by Crippen LogP contribution is -2.22. The summed E-state index contributed by atoms with van der Waals surface area (Å²) >= 11 is 0. The van der Waals surface area contributed by atoms with E-state index in [4.69, 9.17) is 5.11 Å². The SMILES string of the molecule is CN(Cc1cccc([N+](=O)[O-])c1C(=O)O)C1CC1. The number of benzene rings is 1. The third-order valence-electron chi connectivity index (χ3n) is 3.13. The van der Waals surface area contributed by atoms with Crippen LogP contribution in [-0.4, -0.2) is 34.0 Å². The Morgan fingerprint density at radius 1 is 1.56 bits per heavy atom. The normalized spacial score (nSPS) is 14.8. The molecule has 0 saturated heterocycles. The van der Waals surface area contributed by atoms with E-state index in [1.807, 2.05) is 11.9 Å². The highest BCUT2D eigenvalue weighted by molar-refractivity contribution is 5.94. The highest BCUT2D eigenvalue weighted by atomic mass is 16.6. The molecule has 1 fully saturated rings. The predicted molar refractivity (Wildman–Crippen MR) is 64.5 cm³/mol. The molecule has 0 heterocycles. The summed E-state index contributed by atoms with van der Waals surface area (Å²) < 4.78 is 0. The molecule has 1 aliphatic carbocycles. The zero-order valence-corrected chi connectivity index (χ0v) is 10.00. The van der Waals surface area contributed by atoms with E-state index in [-0.39, 0.29) is 11.3 Å². The highest BCUT2D eigenvalue weighted by Gasteiger charge is 2.29. The Bertz CT molecular complexity index is 497. The van der Waals surface area contributed by atoms with Crippen molar-refractivity contribution in [2.75, 3.05) is 7.05 Å². The summed E-state index contributed by atoms with van der Waals surface area (Å²) in [5.41, 5.74) is -0.0507. The Morgan fingerprint density at radius 2 is 2.22 bits per heavy atom. The first-order valence-corrected chi connectivity index (χ1v) is 5.70. The van der Waals surface area contributed by atoms with Gasteiger partial charge in [0.1, 0.15) is 5.56 Å². The molecule has 6 heteroatoms. The van der Waals surface area contributed by atoms with Crippen LogP contribution in [0.3, 0.4) is 0 Å². The van der Waals surface area contributed by atoms with Crippen LogP contribution in [0.2, 0.25) is 0 Å². The van der Waals surface area contributed by atoms with Gasteiger partial charge < -0.3 is 5.11 Å². The quantitative estimate of drug-likeness (QED) is 0.637. The molecule has 1 aromatic rings. The maximum Gasteiger partial charge on any atom is 0.343 e. The van der Waals surface area contributed by atoms with Crippen molar-refractivity contribution in [1.29, 1.82) is 0 Å². The van der Waals surface area contributed by atoms with Crippen molar-refractivity contribution in [2.45, 2.75) is 25.4 Å². The maximum absolute atomic E-state index is 11.2. The van der Waals surface area contributed by atoms with E-state index in [1.165, 1.54) is 12.1 Å². The number of nitrogens with zero attached hydrogens (tertiary/aromatic N) is 2. The van der Waals surface area contributed by atoms with E-state index in [9.17, 15) is 14.9 Å². The van der Waals surface area contributed by atoms with Gasteiger partial charge in [0.25, 0.3) is 5.69 Å². The molecular formula is C12H14N2O4. The summed E-state index contributed by atoms with van der Waals surface area (Å²) in [4.78, 5) is 23.4. The minimum atomic E-state index is -1.25. The van der Waals surface area contributed by atoms with E-state index in [2.05, 4.69) is 0 Å². The Morgan fingerprint density at radius 3 is 2.72 bits per heavy atom. The van der Waals surface area contributed by atoms with Crippen LogP contribution in [0.5, 0.6) is 0 Å². The Balaban J connectivity index is 2.35. The fourth-order valence-corrected chi connectivity index (χ4v) is 2.03. The van der Waals surface area contributed by atoms with Crippen LogP contribution in [0.4, 0.5) is 5.69 Å². The molecule has 6 nitrogen and oxygen atoms in total. The first-order valence-electron chi connectivity index (χ1n) is 5.70. The molecule has 96 valence electrons. The van der Waals surface area contributed by atoms with Crippen LogP contribution >= 0.6 is 0 Å². The minimum absolute atomic E-state index is 0.199. The van der Waals surface area contributed by atoms with E-state index in [0.29, 0.717) is 18.2 Å². The number of aromatic carboxylic acids is 1. The van der Waals surface area contributed by atoms with Gasteiger partial charge in [-0.1, -0.05) is 12.1 Å².